The number of nitrogens with zero attached hydrogens (tertiary/aromatic N) is 2. The second-order valence-electron chi connectivity index (χ2n) is 3.88. The van der Waals surface area contributed by atoms with E-state index in [-0.39, 0.29) is 0 Å². The van der Waals surface area contributed by atoms with Gasteiger partial charge in [0, 0.05) is 25.5 Å². The first kappa shape index (κ1) is 12.6. The second kappa shape index (κ2) is 6.15. The molecule has 0 aliphatic carbocycles. The van der Waals surface area contributed by atoms with Gasteiger partial charge in [0.25, 0.3) is 0 Å². The first-order chi connectivity index (χ1) is 8.79. The zero-order valence-electron chi connectivity index (χ0n) is 9.73. The molecule has 0 spiro atoms. The van der Waals surface area contributed by atoms with Gasteiger partial charge in [-0.15, -0.1) is 0 Å². The molecule has 0 atom stereocenters. The summed E-state index contributed by atoms with van der Waals surface area (Å²) in [4.78, 5) is 3.94. The maximum atomic E-state index is 8.81. The summed E-state index contributed by atoms with van der Waals surface area (Å²) in [6, 6.07) is 11.6. The molecule has 0 amide bonds. The molecule has 0 bridgehead atoms. The average molecular weight is 258 g/mol. The summed E-state index contributed by atoms with van der Waals surface area (Å²) in [7, 11) is 0. The van der Waals surface area contributed by atoms with Gasteiger partial charge in [0.2, 0.25) is 0 Å². The summed E-state index contributed by atoms with van der Waals surface area (Å²) in [6.45, 7) is 1.38. The molecule has 1 aromatic carbocycles. The van der Waals surface area contributed by atoms with E-state index in [0.717, 1.165) is 11.1 Å². The van der Waals surface area contributed by atoms with Crippen molar-refractivity contribution in [2.24, 2.45) is 0 Å². The molecule has 0 aliphatic heterocycles. The number of hydrogen-bond acceptors (Lipinski definition) is 3. The maximum Gasteiger partial charge on any atom is 0.0991 e. The molecule has 2 rings (SSSR count). The topological polar surface area (TPSA) is 48.7 Å². The number of rotatable bonds is 4. The Bertz CT molecular complexity index is 575. The summed E-state index contributed by atoms with van der Waals surface area (Å²) in [5.74, 6) is 0. The van der Waals surface area contributed by atoms with Crippen molar-refractivity contribution in [3.8, 4) is 6.07 Å². The molecule has 1 aromatic heterocycles. The molecule has 1 N–H and O–H groups in total. The average Bonchev–Trinajstić information content (AvgIpc) is 2.41. The van der Waals surface area contributed by atoms with E-state index in [9.17, 15) is 0 Å². The standard InChI is InChI=1S/C14H12ClN3/c15-14-10-17-5-4-13(14)9-18-8-12-3-1-2-11(6-12)7-16/h1-6,10,18H,8-9H2. The molecule has 90 valence electrons. The Morgan fingerprint density at radius 3 is 2.94 bits per heavy atom. The molecule has 3 nitrogen and oxygen atoms in total. The molecule has 0 unspecified atom stereocenters. The van der Waals surface area contributed by atoms with Gasteiger partial charge in [0.15, 0.2) is 0 Å². The maximum absolute atomic E-state index is 8.81. The van der Waals surface area contributed by atoms with Crippen molar-refractivity contribution in [1.29, 1.82) is 5.26 Å². The van der Waals surface area contributed by atoms with Gasteiger partial charge in [-0.05, 0) is 29.3 Å². The van der Waals surface area contributed by atoms with Crippen molar-refractivity contribution < 1.29 is 0 Å². The van der Waals surface area contributed by atoms with Crippen LogP contribution >= 0.6 is 11.6 Å². The lowest BCUT2D eigenvalue weighted by atomic mass is 10.1. The van der Waals surface area contributed by atoms with Gasteiger partial charge in [-0.3, -0.25) is 4.98 Å². The molecule has 0 radical (unpaired) electrons. The van der Waals surface area contributed by atoms with Gasteiger partial charge in [-0.25, -0.2) is 0 Å². The Labute approximate surface area is 111 Å². The molecular formula is C14H12ClN3. The molecule has 0 saturated carbocycles. The summed E-state index contributed by atoms with van der Waals surface area (Å²) in [5, 5.41) is 12.8. The Balaban J connectivity index is 1.93. The molecule has 0 fully saturated rings. The fraction of sp³-hybridized carbons (Fsp3) is 0.143. The van der Waals surface area contributed by atoms with Gasteiger partial charge < -0.3 is 5.32 Å². The van der Waals surface area contributed by atoms with E-state index in [0.29, 0.717) is 23.7 Å². The minimum absolute atomic E-state index is 0.663. The van der Waals surface area contributed by atoms with Crippen molar-refractivity contribution in [3.05, 3.63) is 64.4 Å². The second-order valence-corrected chi connectivity index (χ2v) is 4.29. The lowest BCUT2D eigenvalue weighted by Gasteiger charge is -2.06. The lowest BCUT2D eigenvalue weighted by Crippen LogP contribution is -2.13. The fourth-order valence-corrected chi connectivity index (χ4v) is 1.83. The zero-order valence-corrected chi connectivity index (χ0v) is 10.5. The van der Waals surface area contributed by atoms with Crippen molar-refractivity contribution in [2.45, 2.75) is 13.1 Å². The van der Waals surface area contributed by atoms with Crippen LogP contribution < -0.4 is 5.32 Å². The first-order valence-corrected chi connectivity index (χ1v) is 5.95. The predicted octanol–water partition coefficient (Wildman–Crippen LogP) is 2.90. The van der Waals surface area contributed by atoms with E-state index in [1.54, 1.807) is 18.5 Å². The number of nitrogens with one attached hydrogen (secondary N) is 1. The van der Waals surface area contributed by atoms with Crippen molar-refractivity contribution >= 4 is 11.6 Å². The fourth-order valence-electron chi connectivity index (χ4n) is 1.64. The number of benzene rings is 1. The van der Waals surface area contributed by atoms with Gasteiger partial charge in [-0.1, -0.05) is 23.7 Å². The monoisotopic (exact) mass is 257 g/mol. The quantitative estimate of drug-likeness (QED) is 0.916. The molecule has 0 saturated heterocycles. The molecule has 0 aliphatic rings. The predicted molar refractivity (Wildman–Crippen MR) is 70.9 cm³/mol. The highest BCUT2D eigenvalue weighted by molar-refractivity contribution is 6.31. The third kappa shape index (κ3) is 3.30. The molecule has 1 heterocycles. The zero-order chi connectivity index (χ0) is 12.8. The van der Waals surface area contributed by atoms with Gasteiger partial charge >= 0.3 is 0 Å². The third-order valence-corrected chi connectivity index (χ3v) is 2.90. The Morgan fingerprint density at radius 2 is 2.17 bits per heavy atom. The Morgan fingerprint density at radius 1 is 1.28 bits per heavy atom. The van der Waals surface area contributed by atoms with Gasteiger partial charge in [0.05, 0.1) is 16.7 Å². The highest BCUT2D eigenvalue weighted by Crippen LogP contribution is 2.13. The van der Waals surface area contributed by atoms with E-state index >= 15 is 0 Å². The molecule has 4 heteroatoms. The van der Waals surface area contributed by atoms with E-state index in [1.807, 2.05) is 24.3 Å². The first-order valence-electron chi connectivity index (χ1n) is 5.58. The summed E-state index contributed by atoms with van der Waals surface area (Å²) >= 11 is 6.01. The van der Waals surface area contributed by atoms with Crippen LogP contribution in [0.2, 0.25) is 5.02 Å². The van der Waals surface area contributed by atoms with Gasteiger partial charge in [-0.2, -0.15) is 5.26 Å². The van der Waals surface area contributed by atoms with E-state index < -0.39 is 0 Å². The van der Waals surface area contributed by atoms with Crippen molar-refractivity contribution in [2.75, 3.05) is 0 Å². The van der Waals surface area contributed by atoms with Crippen LogP contribution in [0.3, 0.4) is 0 Å². The normalized spacial score (nSPS) is 10.0. The number of nitriles is 1. The molecular weight excluding hydrogens is 246 g/mol. The van der Waals surface area contributed by atoms with Crippen LogP contribution in [-0.2, 0) is 13.1 Å². The molecule has 18 heavy (non-hydrogen) atoms. The molecule has 2 aromatic rings. The van der Waals surface area contributed by atoms with E-state index in [1.165, 1.54) is 0 Å². The highest BCUT2D eigenvalue weighted by atomic mass is 35.5. The van der Waals surface area contributed by atoms with Crippen LogP contribution in [-0.4, -0.2) is 4.98 Å². The van der Waals surface area contributed by atoms with Crippen LogP contribution in [0.25, 0.3) is 0 Å². The van der Waals surface area contributed by atoms with E-state index in [2.05, 4.69) is 16.4 Å². The largest absolute Gasteiger partial charge is 0.309 e. The minimum atomic E-state index is 0.663. The van der Waals surface area contributed by atoms with Crippen LogP contribution in [0.1, 0.15) is 16.7 Å². The summed E-state index contributed by atoms with van der Waals surface area (Å²) in [6.07, 6.45) is 3.36. The van der Waals surface area contributed by atoms with Crippen LogP contribution in [0.4, 0.5) is 0 Å². The highest BCUT2D eigenvalue weighted by Gasteiger charge is 1.99. The summed E-state index contributed by atoms with van der Waals surface area (Å²) < 4.78 is 0. The van der Waals surface area contributed by atoms with Crippen LogP contribution in [0, 0.1) is 11.3 Å². The Kier molecular flexibility index (Phi) is 4.30. The van der Waals surface area contributed by atoms with Gasteiger partial charge in [0.1, 0.15) is 0 Å². The lowest BCUT2D eigenvalue weighted by molar-refractivity contribution is 0.692. The number of aromatic nitrogens is 1. The van der Waals surface area contributed by atoms with Crippen molar-refractivity contribution in [3.63, 3.8) is 0 Å². The third-order valence-electron chi connectivity index (χ3n) is 2.56. The van der Waals surface area contributed by atoms with E-state index in [4.69, 9.17) is 16.9 Å². The van der Waals surface area contributed by atoms with Crippen LogP contribution in [0.15, 0.2) is 42.7 Å². The SMILES string of the molecule is N#Cc1cccc(CNCc2ccncc2Cl)c1. The van der Waals surface area contributed by atoms with Crippen LogP contribution in [0.5, 0.6) is 0 Å². The number of hydrogen-bond donors (Lipinski definition) is 1. The number of pyridine rings is 1. The van der Waals surface area contributed by atoms with Crippen molar-refractivity contribution in [1.82, 2.24) is 10.3 Å². The summed E-state index contributed by atoms with van der Waals surface area (Å²) in [5.41, 5.74) is 2.78. The minimum Gasteiger partial charge on any atom is -0.309 e. The smallest absolute Gasteiger partial charge is 0.0991 e. The Hall–Kier alpha value is -1.89. The number of halogens is 1.